The van der Waals surface area contributed by atoms with E-state index in [-0.39, 0.29) is 16.0 Å². The highest BCUT2D eigenvalue weighted by atomic mass is 127. The minimum absolute atomic E-state index is 0.0508. The largest absolute Gasteiger partial charge is 0.573 e. The van der Waals surface area contributed by atoms with E-state index in [1.165, 1.54) is 29.5 Å². The predicted octanol–water partition coefficient (Wildman–Crippen LogP) is 3.63. The molecule has 0 atom stereocenters. The molecule has 4 nitrogen and oxygen atoms in total. The number of esters is 1. The molecule has 0 amide bonds. The third-order valence-corrected chi connectivity index (χ3v) is 2.91. The van der Waals surface area contributed by atoms with Gasteiger partial charge < -0.3 is 9.47 Å². The first-order valence-corrected chi connectivity index (χ1v) is 6.60. The van der Waals surface area contributed by atoms with Gasteiger partial charge in [0.05, 0.1) is 18.7 Å². The van der Waals surface area contributed by atoms with E-state index < -0.39 is 36.5 Å². The maximum absolute atomic E-state index is 12.9. The van der Waals surface area contributed by atoms with Crippen LogP contribution in [0.3, 0.4) is 0 Å². The second-order valence-electron chi connectivity index (χ2n) is 3.64. The zero-order chi connectivity index (χ0) is 16.2. The number of pyridine rings is 1. The lowest BCUT2D eigenvalue weighted by molar-refractivity contribution is -0.275. The van der Waals surface area contributed by atoms with Crippen LogP contribution in [0.4, 0.5) is 22.0 Å². The summed E-state index contributed by atoms with van der Waals surface area (Å²) in [6.45, 7) is 1.58. The molecule has 0 unspecified atom stereocenters. The van der Waals surface area contributed by atoms with Crippen molar-refractivity contribution in [1.82, 2.24) is 4.98 Å². The highest BCUT2D eigenvalue weighted by Gasteiger charge is 2.33. The molecule has 0 aromatic carbocycles. The van der Waals surface area contributed by atoms with Gasteiger partial charge in [-0.2, -0.15) is 0 Å². The van der Waals surface area contributed by atoms with Crippen LogP contribution in [0.1, 0.15) is 24.6 Å². The maximum atomic E-state index is 12.9. The summed E-state index contributed by atoms with van der Waals surface area (Å²) < 4.78 is 70.1. The molecular weight excluding hydrogens is 416 g/mol. The number of rotatable bonds is 5. The van der Waals surface area contributed by atoms with Crippen LogP contribution in [-0.4, -0.2) is 23.9 Å². The number of aromatic nitrogens is 1. The highest BCUT2D eigenvalue weighted by molar-refractivity contribution is 14.1. The van der Waals surface area contributed by atoms with Crippen molar-refractivity contribution < 1.29 is 36.2 Å². The van der Waals surface area contributed by atoms with E-state index in [0.717, 1.165) is 0 Å². The summed E-state index contributed by atoms with van der Waals surface area (Å²) in [6.07, 6.45) is -8.69. The van der Waals surface area contributed by atoms with Crippen LogP contribution in [-0.2, 0) is 16.0 Å². The average Bonchev–Trinajstić information content (AvgIpc) is 2.30. The normalized spacial score (nSPS) is 11.6. The van der Waals surface area contributed by atoms with Crippen LogP contribution in [0.25, 0.3) is 0 Å². The molecule has 0 fully saturated rings. The minimum Gasteiger partial charge on any atom is -0.466 e. The number of carbonyl (C=O) groups excluding carboxylic acids is 1. The Hall–Kier alpha value is -1.20. The third kappa shape index (κ3) is 5.59. The van der Waals surface area contributed by atoms with E-state index in [4.69, 9.17) is 0 Å². The van der Waals surface area contributed by atoms with E-state index in [9.17, 15) is 26.7 Å². The summed E-state index contributed by atoms with van der Waals surface area (Å²) in [5.41, 5.74) is -1.15. The molecule has 0 aliphatic carbocycles. The molecule has 0 aliphatic rings. The molecule has 118 valence electrons. The van der Waals surface area contributed by atoms with Gasteiger partial charge in [0, 0.05) is 5.56 Å². The maximum Gasteiger partial charge on any atom is 0.573 e. The quantitative estimate of drug-likeness (QED) is 0.313. The number of halogens is 6. The zero-order valence-corrected chi connectivity index (χ0v) is 12.7. The number of carbonyl (C=O) groups is 1. The van der Waals surface area contributed by atoms with Crippen molar-refractivity contribution >= 4 is 28.6 Å². The van der Waals surface area contributed by atoms with Gasteiger partial charge in [0.2, 0.25) is 0 Å². The molecule has 21 heavy (non-hydrogen) atoms. The number of alkyl halides is 5. The Balaban J connectivity index is 3.15. The first-order valence-electron chi connectivity index (χ1n) is 5.52. The molecule has 10 heteroatoms. The van der Waals surface area contributed by atoms with Crippen LogP contribution in [0.5, 0.6) is 5.75 Å². The summed E-state index contributed by atoms with van der Waals surface area (Å²) in [5.74, 6) is -1.64. The SMILES string of the molecule is CCOC(=O)Cc1nc(I)c(OC(F)(F)F)cc1C(F)F. The molecule has 0 aliphatic heterocycles. The van der Waals surface area contributed by atoms with E-state index in [2.05, 4.69) is 14.5 Å². The summed E-state index contributed by atoms with van der Waals surface area (Å²) >= 11 is 1.40. The topological polar surface area (TPSA) is 48.4 Å². The van der Waals surface area contributed by atoms with Gasteiger partial charge >= 0.3 is 12.3 Å². The Morgan fingerprint density at radius 3 is 2.52 bits per heavy atom. The zero-order valence-electron chi connectivity index (χ0n) is 10.5. The van der Waals surface area contributed by atoms with Crippen LogP contribution in [0.15, 0.2) is 6.07 Å². The van der Waals surface area contributed by atoms with E-state index in [1.54, 1.807) is 0 Å². The number of hydrogen-bond acceptors (Lipinski definition) is 4. The molecule has 1 rings (SSSR count). The monoisotopic (exact) mass is 425 g/mol. The molecule has 0 radical (unpaired) electrons. The Morgan fingerprint density at radius 2 is 2.05 bits per heavy atom. The smallest absolute Gasteiger partial charge is 0.466 e. The Labute approximate surface area is 129 Å². The fourth-order valence-electron chi connectivity index (χ4n) is 1.40. The van der Waals surface area contributed by atoms with Crippen LogP contribution >= 0.6 is 22.6 Å². The van der Waals surface area contributed by atoms with Gasteiger partial charge in [0.25, 0.3) is 6.43 Å². The molecule has 0 bridgehead atoms. The number of hydrogen-bond donors (Lipinski definition) is 0. The summed E-state index contributed by atoms with van der Waals surface area (Å²) in [4.78, 5) is 14.9. The van der Waals surface area contributed by atoms with Crippen molar-refractivity contribution in [2.45, 2.75) is 26.1 Å². The van der Waals surface area contributed by atoms with Crippen molar-refractivity contribution in [2.75, 3.05) is 6.61 Å². The van der Waals surface area contributed by atoms with Crippen molar-refractivity contribution in [2.24, 2.45) is 0 Å². The lowest BCUT2D eigenvalue weighted by Gasteiger charge is -2.14. The second-order valence-corrected chi connectivity index (χ2v) is 4.67. The fourth-order valence-corrected chi connectivity index (χ4v) is 1.95. The van der Waals surface area contributed by atoms with E-state index >= 15 is 0 Å². The van der Waals surface area contributed by atoms with E-state index in [0.29, 0.717) is 6.07 Å². The van der Waals surface area contributed by atoms with E-state index in [1.807, 2.05) is 0 Å². The van der Waals surface area contributed by atoms with Gasteiger partial charge in [-0.15, -0.1) is 13.2 Å². The standard InChI is InChI=1S/C11H9F5INO3/c1-2-20-8(19)4-6-5(9(12)13)3-7(10(17)18-6)21-11(14,15)16/h3,9H,2,4H2,1H3. The van der Waals surface area contributed by atoms with Gasteiger partial charge in [-0.1, -0.05) is 0 Å². The molecular formula is C11H9F5INO3. The van der Waals surface area contributed by atoms with Crippen LogP contribution in [0, 0.1) is 3.70 Å². The second kappa shape index (κ2) is 7.18. The Morgan fingerprint density at radius 1 is 1.43 bits per heavy atom. The third-order valence-electron chi connectivity index (χ3n) is 2.13. The first kappa shape index (κ1) is 17.9. The molecule has 0 N–H and O–H groups in total. The Bertz CT molecular complexity index is 521. The van der Waals surface area contributed by atoms with Crippen LogP contribution < -0.4 is 4.74 Å². The van der Waals surface area contributed by atoms with Gasteiger partial charge in [0.1, 0.15) is 3.70 Å². The van der Waals surface area contributed by atoms with Gasteiger partial charge in [-0.05, 0) is 35.6 Å². The van der Waals surface area contributed by atoms with Gasteiger partial charge in [-0.3, -0.25) is 4.79 Å². The van der Waals surface area contributed by atoms with Gasteiger partial charge in [0.15, 0.2) is 5.75 Å². The first-order chi connectivity index (χ1) is 9.64. The van der Waals surface area contributed by atoms with Crippen molar-refractivity contribution in [1.29, 1.82) is 0 Å². The number of nitrogens with zero attached hydrogens (tertiary/aromatic N) is 1. The number of ether oxygens (including phenoxy) is 2. The van der Waals surface area contributed by atoms with Crippen molar-refractivity contribution in [3.63, 3.8) is 0 Å². The fraction of sp³-hybridized carbons (Fsp3) is 0.455. The summed E-state index contributed by atoms with van der Waals surface area (Å²) in [5, 5.41) is 0. The van der Waals surface area contributed by atoms with Gasteiger partial charge in [-0.25, -0.2) is 13.8 Å². The predicted molar refractivity (Wildman–Crippen MR) is 68.9 cm³/mol. The molecule has 1 aromatic heterocycles. The molecule has 0 saturated carbocycles. The molecule has 1 heterocycles. The Kier molecular flexibility index (Phi) is 6.10. The summed E-state index contributed by atoms with van der Waals surface area (Å²) in [7, 11) is 0. The lowest BCUT2D eigenvalue weighted by Crippen LogP contribution is -2.19. The average molecular weight is 425 g/mol. The minimum atomic E-state index is -5.02. The molecule has 0 spiro atoms. The molecule has 0 saturated heterocycles. The summed E-state index contributed by atoms with van der Waals surface area (Å²) in [6, 6.07) is 0.529. The van der Waals surface area contributed by atoms with Crippen molar-refractivity contribution in [3.8, 4) is 5.75 Å². The highest BCUT2D eigenvalue weighted by Crippen LogP contribution is 2.32. The van der Waals surface area contributed by atoms with Crippen molar-refractivity contribution in [3.05, 3.63) is 21.0 Å². The molecule has 1 aromatic rings. The van der Waals surface area contributed by atoms with Crippen LogP contribution in [0.2, 0.25) is 0 Å². The lowest BCUT2D eigenvalue weighted by atomic mass is 10.1.